The van der Waals surface area contributed by atoms with Gasteiger partial charge in [-0.25, -0.2) is 8.42 Å². The molecule has 2 N–H and O–H groups in total. The standard InChI is InChI=1S/C11H21NO4S/c1-2-16-11(13)8-17(14,15)10-7-5-3-4-6-9(10)12/h9-10H,2-8,12H2,1H3. The summed E-state index contributed by atoms with van der Waals surface area (Å²) in [5.41, 5.74) is 5.88. The van der Waals surface area contributed by atoms with Crippen molar-refractivity contribution in [2.45, 2.75) is 50.3 Å². The number of carbonyl (C=O) groups is 1. The van der Waals surface area contributed by atoms with Gasteiger partial charge in [-0.2, -0.15) is 0 Å². The van der Waals surface area contributed by atoms with Gasteiger partial charge in [0.15, 0.2) is 9.84 Å². The van der Waals surface area contributed by atoms with Gasteiger partial charge in [-0.3, -0.25) is 4.79 Å². The van der Waals surface area contributed by atoms with E-state index < -0.39 is 26.8 Å². The Bertz CT molecular complexity index is 352. The quantitative estimate of drug-likeness (QED) is 0.593. The summed E-state index contributed by atoms with van der Waals surface area (Å²) < 4.78 is 28.8. The number of ether oxygens (including phenoxy) is 1. The van der Waals surface area contributed by atoms with Crippen LogP contribution in [0.2, 0.25) is 0 Å². The monoisotopic (exact) mass is 263 g/mol. The van der Waals surface area contributed by atoms with Gasteiger partial charge in [-0.1, -0.05) is 19.3 Å². The zero-order chi connectivity index (χ0) is 12.9. The summed E-state index contributed by atoms with van der Waals surface area (Å²) >= 11 is 0. The van der Waals surface area contributed by atoms with Gasteiger partial charge < -0.3 is 10.5 Å². The van der Waals surface area contributed by atoms with Gasteiger partial charge in [0.2, 0.25) is 0 Å². The average Bonchev–Trinajstić information content (AvgIpc) is 2.42. The fourth-order valence-electron chi connectivity index (χ4n) is 2.22. The Balaban J connectivity index is 2.70. The molecule has 0 aliphatic heterocycles. The molecule has 0 heterocycles. The van der Waals surface area contributed by atoms with Crippen molar-refractivity contribution in [3.8, 4) is 0 Å². The summed E-state index contributed by atoms with van der Waals surface area (Å²) in [6.45, 7) is 1.85. The van der Waals surface area contributed by atoms with Crippen LogP contribution >= 0.6 is 0 Å². The molecule has 2 unspecified atom stereocenters. The molecule has 0 amide bonds. The third-order valence-corrected chi connectivity index (χ3v) is 5.24. The smallest absolute Gasteiger partial charge is 0.321 e. The molecular weight excluding hydrogens is 242 g/mol. The van der Waals surface area contributed by atoms with Crippen molar-refractivity contribution < 1.29 is 17.9 Å². The van der Waals surface area contributed by atoms with Gasteiger partial charge in [0.1, 0.15) is 5.75 Å². The first kappa shape index (κ1) is 14.4. The van der Waals surface area contributed by atoms with Gasteiger partial charge in [0.05, 0.1) is 11.9 Å². The van der Waals surface area contributed by atoms with E-state index in [-0.39, 0.29) is 12.6 Å². The van der Waals surface area contributed by atoms with Crippen molar-refractivity contribution in [3.63, 3.8) is 0 Å². The molecule has 6 heteroatoms. The summed E-state index contributed by atoms with van der Waals surface area (Å²) in [6, 6.07) is -0.350. The Kier molecular flexibility index (Phi) is 5.39. The van der Waals surface area contributed by atoms with Crippen LogP contribution in [0.1, 0.15) is 39.0 Å². The molecule has 0 aromatic carbocycles. The minimum absolute atomic E-state index is 0.199. The lowest BCUT2D eigenvalue weighted by atomic mass is 10.1. The molecule has 5 nitrogen and oxygen atoms in total. The minimum Gasteiger partial charge on any atom is -0.465 e. The fraction of sp³-hybridized carbons (Fsp3) is 0.909. The number of sulfone groups is 1. The van der Waals surface area contributed by atoms with Gasteiger partial charge in [-0.15, -0.1) is 0 Å². The van der Waals surface area contributed by atoms with E-state index in [1.807, 2.05) is 0 Å². The largest absolute Gasteiger partial charge is 0.465 e. The summed E-state index contributed by atoms with van der Waals surface area (Å²) in [7, 11) is -3.48. The van der Waals surface area contributed by atoms with E-state index in [9.17, 15) is 13.2 Å². The second-order valence-corrected chi connectivity index (χ2v) is 6.67. The lowest BCUT2D eigenvalue weighted by molar-refractivity contribution is -0.139. The first-order valence-corrected chi connectivity index (χ1v) is 7.81. The molecule has 1 fully saturated rings. The van der Waals surface area contributed by atoms with Crippen LogP contribution in [0.25, 0.3) is 0 Å². The normalized spacial score (nSPS) is 26.2. The summed E-state index contributed by atoms with van der Waals surface area (Å²) in [5, 5.41) is -0.589. The van der Waals surface area contributed by atoms with E-state index in [0.29, 0.717) is 12.8 Å². The molecule has 1 aliphatic carbocycles. The predicted octanol–water partition coefficient (Wildman–Crippen LogP) is 0.624. The maximum Gasteiger partial charge on any atom is 0.321 e. The van der Waals surface area contributed by atoms with Crippen LogP contribution in [-0.4, -0.2) is 38.0 Å². The Morgan fingerprint density at radius 1 is 1.29 bits per heavy atom. The van der Waals surface area contributed by atoms with Crippen molar-refractivity contribution in [1.82, 2.24) is 0 Å². The number of hydrogen-bond donors (Lipinski definition) is 1. The lowest BCUT2D eigenvalue weighted by Gasteiger charge is -2.20. The molecule has 0 radical (unpaired) electrons. The second-order valence-electron chi connectivity index (χ2n) is 4.45. The third kappa shape index (κ3) is 4.27. The van der Waals surface area contributed by atoms with E-state index >= 15 is 0 Å². The average molecular weight is 263 g/mol. The van der Waals surface area contributed by atoms with Gasteiger partial charge in [0.25, 0.3) is 0 Å². The van der Waals surface area contributed by atoms with Crippen LogP contribution in [0.15, 0.2) is 0 Å². The Hall–Kier alpha value is -0.620. The molecule has 100 valence electrons. The number of hydrogen-bond acceptors (Lipinski definition) is 5. The molecule has 1 aliphatic rings. The van der Waals surface area contributed by atoms with Gasteiger partial charge >= 0.3 is 5.97 Å². The minimum atomic E-state index is -3.48. The number of nitrogens with two attached hydrogens (primary N) is 1. The third-order valence-electron chi connectivity index (χ3n) is 3.09. The molecular formula is C11H21NO4S. The van der Waals surface area contributed by atoms with E-state index in [1.165, 1.54) is 0 Å². The Morgan fingerprint density at radius 2 is 1.94 bits per heavy atom. The molecule has 0 aromatic heterocycles. The van der Waals surface area contributed by atoms with E-state index in [4.69, 9.17) is 5.73 Å². The second kappa shape index (κ2) is 6.35. The van der Waals surface area contributed by atoms with E-state index in [2.05, 4.69) is 4.74 Å². The lowest BCUT2D eigenvalue weighted by Crippen LogP contribution is -2.42. The zero-order valence-corrected chi connectivity index (χ0v) is 11.0. The molecule has 2 atom stereocenters. The Labute approximate surface area is 103 Å². The highest BCUT2D eigenvalue weighted by molar-refractivity contribution is 7.92. The molecule has 0 spiro atoms. The number of rotatable bonds is 4. The van der Waals surface area contributed by atoms with Crippen molar-refractivity contribution >= 4 is 15.8 Å². The number of esters is 1. The first-order chi connectivity index (χ1) is 7.97. The van der Waals surface area contributed by atoms with Crippen LogP contribution < -0.4 is 5.73 Å². The summed E-state index contributed by atoms with van der Waals surface area (Å²) in [4.78, 5) is 11.3. The van der Waals surface area contributed by atoms with Crippen LogP contribution in [-0.2, 0) is 19.4 Å². The van der Waals surface area contributed by atoms with Crippen molar-refractivity contribution in [2.75, 3.05) is 12.4 Å². The fourth-order valence-corrected chi connectivity index (χ4v) is 4.04. The molecule has 1 saturated carbocycles. The molecule has 17 heavy (non-hydrogen) atoms. The van der Waals surface area contributed by atoms with Crippen molar-refractivity contribution in [2.24, 2.45) is 5.73 Å². The van der Waals surface area contributed by atoms with Gasteiger partial charge in [-0.05, 0) is 19.8 Å². The highest BCUT2D eigenvalue weighted by Gasteiger charge is 2.34. The maximum absolute atomic E-state index is 12.1. The van der Waals surface area contributed by atoms with E-state index in [1.54, 1.807) is 6.92 Å². The SMILES string of the molecule is CCOC(=O)CS(=O)(=O)C1CCCCCC1N. The molecule has 1 rings (SSSR count). The van der Waals surface area contributed by atoms with Crippen LogP contribution in [0.3, 0.4) is 0 Å². The zero-order valence-electron chi connectivity index (χ0n) is 10.2. The summed E-state index contributed by atoms with van der Waals surface area (Å²) in [5.74, 6) is -1.22. The molecule has 0 bridgehead atoms. The van der Waals surface area contributed by atoms with Crippen LogP contribution in [0.5, 0.6) is 0 Å². The molecule has 0 aromatic rings. The highest BCUT2D eigenvalue weighted by atomic mass is 32.2. The van der Waals surface area contributed by atoms with Crippen molar-refractivity contribution in [3.05, 3.63) is 0 Å². The Morgan fingerprint density at radius 3 is 2.59 bits per heavy atom. The predicted molar refractivity (Wildman–Crippen MR) is 65.3 cm³/mol. The van der Waals surface area contributed by atoms with Gasteiger partial charge in [0, 0.05) is 6.04 Å². The topological polar surface area (TPSA) is 86.5 Å². The van der Waals surface area contributed by atoms with E-state index in [0.717, 1.165) is 19.3 Å². The number of carbonyl (C=O) groups excluding carboxylic acids is 1. The van der Waals surface area contributed by atoms with Crippen LogP contribution in [0, 0.1) is 0 Å². The first-order valence-electron chi connectivity index (χ1n) is 6.10. The highest BCUT2D eigenvalue weighted by Crippen LogP contribution is 2.23. The molecule has 0 saturated heterocycles. The summed E-state index contributed by atoms with van der Waals surface area (Å²) in [6.07, 6.45) is 4.11. The van der Waals surface area contributed by atoms with Crippen molar-refractivity contribution in [1.29, 1.82) is 0 Å². The van der Waals surface area contributed by atoms with Crippen LogP contribution in [0.4, 0.5) is 0 Å². The maximum atomic E-state index is 12.1.